The van der Waals surface area contributed by atoms with E-state index in [-0.39, 0.29) is 11.8 Å². The third-order valence-electron chi connectivity index (χ3n) is 5.34. The number of carbonyl (C=O) groups excluding carboxylic acids is 1. The molecule has 1 unspecified atom stereocenters. The largest absolute Gasteiger partial charge is 0.497 e. The number of benzene rings is 2. The average Bonchev–Trinajstić information content (AvgIpc) is 3.35. The number of hydrogen-bond donors (Lipinski definition) is 0. The number of carbonyl (C=O) groups is 1. The number of ether oxygens (including phenoxy) is 1. The molecule has 0 bridgehead atoms. The minimum atomic E-state index is -0.00793. The van der Waals surface area contributed by atoms with Crippen molar-refractivity contribution in [3.05, 3.63) is 76.9 Å². The van der Waals surface area contributed by atoms with Crippen LogP contribution in [0.15, 0.2) is 53.1 Å². The Bertz CT molecular complexity index is 964. The van der Waals surface area contributed by atoms with Crippen molar-refractivity contribution in [2.24, 2.45) is 0 Å². The molecule has 1 fully saturated rings. The van der Waals surface area contributed by atoms with Gasteiger partial charge in [-0.3, -0.25) is 4.79 Å². The Hall–Kier alpha value is -3.15. The van der Waals surface area contributed by atoms with Crippen LogP contribution in [0.25, 0.3) is 0 Å². The summed E-state index contributed by atoms with van der Waals surface area (Å²) in [5, 5.41) is 4.14. The van der Waals surface area contributed by atoms with Crippen molar-refractivity contribution in [1.82, 2.24) is 15.0 Å². The van der Waals surface area contributed by atoms with Crippen LogP contribution in [0.2, 0.25) is 0 Å². The van der Waals surface area contributed by atoms with Crippen molar-refractivity contribution in [3.8, 4) is 5.75 Å². The van der Waals surface area contributed by atoms with Crippen molar-refractivity contribution < 1.29 is 14.1 Å². The molecule has 0 spiro atoms. The second-order valence-electron chi connectivity index (χ2n) is 7.56. The molecule has 1 aliphatic rings. The second-order valence-corrected chi connectivity index (χ2v) is 7.56. The van der Waals surface area contributed by atoms with Crippen LogP contribution in [-0.4, -0.2) is 34.6 Å². The number of amides is 1. The molecule has 3 aromatic rings. The van der Waals surface area contributed by atoms with Crippen LogP contribution in [0.3, 0.4) is 0 Å². The van der Waals surface area contributed by atoms with Crippen LogP contribution >= 0.6 is 0 Å². The first-order valence-corrected chi connectivity index (χ1v) is 9.89. The minimum absolute atomic E-state index is 0.00793. The molecule has 1 aromatic heterocycles. The lowest BCUT2D eigenvalue weighted by atomic mass is 10.1. The van der Waals surface area contributed by atoms with Crippen LogP contribution in [0.5, 0.6) is 5.75 Å². The highest BCUT2D eigenvalue weighted by Gasteiger charge is 2.33. The maximum atomic E-state index is 12.4. The van der Waals surface area contributed by atoms with Gasteiger partial charge in [0.15, 0.2) is 5.82 Å². The zero-order valence-electron chi connectivity index (χ0n) is 16.8. The van der Waals surface area contributed by atoms with Gasteiger partial charge in [0.1, 0.15) is 5.75 Å². The Morgan fingerprint density at radius 1 is 1.07 bits per heavy atom. The number of rotatable bonds is 7. The van der Waals surface area contributed by atoms with Crippen LogP contribution in [0, 0.1) is 6.92 Å². The van der Waals surface area contributed by atoms with E-state index in [0.29, 0.717) is 37.6 Å². The van der Waals surface area contributed by atoms with E-state index < -0.39 is 0 Å². The van der Waals surface area contributed by atoms with Gasteiger partial charge in [0.2, 0.25) is 11.8 Å². The molecule has 0 radical (unpaired) electrons. The van der Waals surface area contributed by atoms with E-state index in [4.69, 9.17) is 9.26 Å². The number of aryl methyl sites for hydroxylation is 3. The van der Waals surface area contributed by atoms with Crippen molar-refractivity contribution in [1.29, 1.82) is 0 Å². The lowest BCUT2D eigenvalue weighted by Crippen LogP contribution is -2.24. The topological polar surface area (TPSA) is 68.5 Å². The number of hydrogen-bond acceptors (Lipinski definition) is 5. The fourth-order valence-electron chi connectivity index (χ4n) is 3.59. The molecular weight excluding hydrogens is 366 g/mol. The van der Waals surface area contributed by atoms with Gasteiger partial charge in [0.05, 0.1) is 7.11 Å². The molecule has 1 aliphatic heterocycles. The van der Waals surface area contributed by atoms with E-state index in [1.54, 1.807) is 7.11 Å². The molecule has 1 amide bonds. The smallest absolute Gasteiger partial charge is 0.226 e. The van der Waals surface area contributed by atoms with Crippen molar-refractivity contribution in [2.45, 2.75) is 38.6 Å². The minimum Gasteiger partial charge on any atom is -0.497 e. The summed E-state index contributed by atoms with van der Waals surface area (Å²) in [5.41, 5.74) is 3.54. The molecule has 0 saturated carbocycles. The molecule has 0 N–H and O–H groups in total. The van der Waals surface area contributed by atoms with Gasteiger partial charge in [0.25, 0.3) is 0 Å². The van der Waals surface area contributed by atoms with E-state index in [0.717, 1.165) is 17.7 Å². The highest BCUT2D eigenvalue weighted by atomic mass is 16.5. The summed E-state index contributed by atoms with van der Waals surface area (Å²) in [7, 11) is 1.66. The molecule has 1 saturated heterocycles. The maximum absolute atomic E-state index is 12.4. The van der Waals surface area contributed by atoms with Gasteiger partial charge in [-0.15, -0.1) is 0 Å². The lowest BCUT2D eigenvalue weighted by molar-refractivity contribution is -0.128. The normalized spacial score (nSPS) is 16.4. The fourth-order valence-corrected chi connectivity index (χ4v) is 3.59. The predicted molar refractivity (Wildman–Crippen MR) is 109 cm³/mol. The highest BCUT2D eigenvalue weighted by Crippen LogP contribution is 2.27. The first-order chi connectivity index (χ1) is 14.1. The van der Waals surface area contributed by atoms with E-state index in [1.165, 1.54) is 11.1 Å². The fraction of sp³-hybridized carbons (Fsp3) is 0.348. The highest BCUT2D eigenvalue weighted by molar-refractivity contribution is 5.79. The molecule has 29 heavy (non-hydrogen) atoms. The molecule has 1 atom stereocenters. The number of likely N-dealkylation sites (tertiary alicyclic amines) is 1. The van der Waals surface area contributed by atoms with Crippen molar-refractivity contribution in [2.75, 3.05) is 13.7 Å². The first kappa shape index (κ1) is 19.2. The van der Waals surface area contributed by atoms with Crippen molar-refractivity contribution >= 4 is 5.91 Å². The van der Waals surface area contributed by atoms with Gasteiger partial charge in [-0.25, -0.2) is 0 Å². The van der Waals surface area contributed by atoms with Crippen molar-refractivity contribution in [3.63, 3.8) is 0 Å². The van der Waals surface area contributed by atoms with Gasteiger partial charge in [-0.2, -0.15) is 4.98 Å². The summed E-state index contributed by atoms with van der Waals surface area (Å²) in [6.07, 6.45) is 1.92. The van der Waals surface area contributed by atoms with Gasteiger partial charge < -0.3 is 14.2 Å². The average molecular weight is 391 g/mol. The van der Waals surface area contributed by atoms with Gasteiger partial charge in [0, 0.05) is 31.8 Å². The van der Waals surface area contributed by atoms with Crippen LogP contribution < -0.4 is 4.74 Å². The SMILES string of the molecule is COc1ccc(CCc2nc(C3CC(=O)N(Cc4ccc(C)cc4)C3)no2)cc1. The monoisotopic (exact) mass is 391 g/mol. The van der Waals surface area contributed by atoms with Crippen LogP contribution in [0.1, 0.15) is 40.7 Å². The zero-order valence-corrected chi connectivity index (χ0v) is 16.8. The van der Waals surface area contributed by atoms with E-state index in [2.05, 4.69) is 41.3 Å². The zero-order chi connectivity index (χ0) is 20.2. The van der Waals surface area contributed by atoms with E-state index in [9.17, 15) is 4.79 Å². The quantitative estimate of drug-likeness (QED) is 0.614. The Balaban J connectivity index is 1.34. The summed E-state index contributed by atoms with van der Waals surface area (Å²) >= 11 is 0. The lowest BCUT2D eigenvalue weighted by Gasteiger charge is -2.16. The van der Waals surface area contributed by atoms with Crippen LogP contribution in [-0.2, 0) is 24.2 Å². The number of nitrogens with zero attached hydrogens (tertiary/aromatic N) is 3. The Labute approximate surface area is 170 Å². The summed E-state index contributed by atoms with van der Waals surface area (Å²) in [4.78, 5) is 18.9. The molecule has 2 heterocycles. The van der Waals surface area contributed by atoms with E-state index >= 15 is 0 Å². The van der Waals surface area contributed by atoms with E-state index in [1.807, 2.05) is 29.2 Å². The van der Waals surface area contributed by atoms with Gasteiger partial charge in [-0.05, 0) is 36.6 Å². The third kappa shape index (κ3) is 4.65. The first-order valence-electron chi connectivity index (χ1n) is 9.89. The molecule has 150 valence electrons. The molecule has 6 heteroatoms. The molecule has 0 aliphatic carbocycles. The molecule has 4 rings (SSSR count). The Morgan fingerprint density at radius 3 is 2.52 bits per heavy atom. The number of methoxy groups -OCH3 is 1. The summed E-state index contributed by atoms with van der Waals surface area (Å²) in [6, 6.07) is 16.2. The molecular formula is C23H25N3O3. The van der Waals surface area contributed by atoms with Crippen LogP contribution in [0.4, 0.5) is 0 Å². The van der Waals surface area contributed by atoms with Gasteiger partial charge >= 0.3 is 0 Å². The summed E-state index contributed by atoms with van der Waals surface area (Å²) < 4.78 is 10.6. The Morgan fingerprint density at radius 2 is 1.79 bits per heavy atom. The summed E-state index contributed by atoms with van der Waals surface area (Å²) in [5.74, 6) is 2.22. The van der Waals surface area contributed by atoms with Gasteiger partial charge in [-0.1, -0.05) is 47.1 Å². The number of aromatic nitrogens is 2. The standard InChI is InChI=1S/C23H25N3O3/c1-16-3-5-18(6-4-16)14-26-15-19(13-22(26)27)23-24-21(29-25-23)12-9-17-7-10-20(28-2)11-8-17/h3-8,10-11,19H,9,12-15H2,1-2H3. The maximum Gasteiger partial charge on any atom is 0.226 e. The summed E-state index contributed by atoms with van der Waals surface area (Å²) in [6.45, 7) is 3.31. The molecule has 6 nitrogen and oxygen atoms in total. The second kappa shape index (κ2) is 8.47. The Kier molecular flexibility index (Phi) is 5.60. The molecule has 2 aromatic carbocycles. The predicted octanol–water partition coefficient (Wildman–Crippen LogP) is 3.69. The third-order valence-corrected chi connectivity index (χ3v) is 5.34.